The zero-order chi connectivity index (χ0) is 35.6. The van der Waals surface area contributed by atoms with Gasteiger partial charge in [-0.15, -0.1) is 11.8 Å². The number of piperazine rings is 1. The van der Waals surface area contributed by atoms with Gasteiger partial charge in [0.25, 0.3) is 0 Å². The summed E-state index contributed by atoms with van der Waals surface area (Å²) in [6, 6.07) is 0. The molecule has 1 saturated heterocycles. The van der Waals surface area contributed by atoms with Crippen molar-refractivity contribution in [1.82, 2.24) is 14.7 Å². The van der Waals surface area contributed by atoms with Gasteiger partial charge >= 0.3 is 5.97 Å². The Morgan fingerprint density at radius 1 is 0.571 bits per heavy atom. The van der Waals surface area contributed by atoms with E-state index in [4.69, 9.17) is 4.74 Å². The molecule has 0 bridgehead atoms. The number of rotatable bonds is 35. The van der Waals surface area contributed by atoms with Crippen molar-refractivity contribution in [2.75, 3.05) is 64.7 Å². The van der Waals surface area contributed by atoms with Gasteiger partial charge in [-0.3, -0.25) is 9.59 Å². The van der Waals surface area contributed by atoms with Crippen LogP contribution in [0.25, 0.3) is 0 Å². The number of carbonyl (C=O) groups excluding carboxylic acids is 2. The van der Waals surface area contributed by atoms with Crippen molar-refractivity contribution in [2.24, 2.45) is 0 Å². The Kier molecular flexibility index (Phi) is 32.4. The standard InChI is InChI=1S/C42H83N3O3S/c1-5-9-12-14-16-18-21-26-33-45(34-27-22-19-17-15-13-10-6-2)41(46)30-28-32-44-37-35-43(36-38-44)31-25-23-20-24-29-40(42(47)48-8-4)49-39-11-7-3/h40H,5-39H2,1-4H3. The van der Waals surface area contributed by atoms with Crippen LogP contribution < -0.4 is 0 Å². The maximum Gasteiger partial charge on any atom is 0.319 e. The molecule has 0 saturated carbocycles. The third-order valence-corrected chi connectivity index (χ3v) is 11.7. The summed E-state index contributed by atoms with van der Waals surface area (Å²) in [5, 5.41) is 0.0164. The van der Waals surface area contributed by atoms with Gasteiger partial charge in [-0.25, -0.2) is 0 Å². The van der Waals surface area contributed by atoms with Crippen LogP contribution in [0.15, 0.2) is 0 Å². The molecule has 1 rings (SSSR count). The topological polar surface area (TPSA) is 53.1 Å². The Morgan fingerprint density at radius 2 is 1.02 bits per heavy atom. The van der Waals surface area contributed by atoms with E-state index in [1.807, 2.05) is 6.92 Å². The number of carbonyl (C=O) groups is 2. The Morgan fingerprint density at radius 3 is 1.53 bits per heavy atom. The van der Waals surface area contributed by atoms with E-state index in [0.717, 1.165) is 70.8 Å². The van der Waals surface area contributed by atoms with Crippen molar-refractivity contribution in [3.8, 4) is 0 Å². The summed E-state index contributed by atoms with van der Waals surface area (Å²) in [5.41, 5.74) is 0. The van der Waals surface area contributed by atoms with Crippen LogP contribution in [0.1, 0.15) is 188 Å². The lowest BCUT2D eigenvalue weighted by Gasteiger charge is -2.34. The maximum atomic E-state index is 13.3. The average Bonchev–Trinajstić information content (AvgIpc) is 3.11. The first-order chi connectivity index (χ1) is 24.0. The van der Waals surface area contributed by atoms with Crippen LogP contribution in [0.3, 0.4) is 0 Å². The zero-order valence-electron chi connectivity index (χ0n) is 33.3. The SMILES string of the molecule is CCCCCCCCCCN(CCCCCCCCCC)C(=O)CCCN1CCN(CCCCCCC(SCCCC)C(=O)OCC)CC1. The van der Waals surface area contributed by atoms with Gasteiger partial charge in [0.05, 0.1) is 6.61 Å². The van der Waals surface area contributed by atoms with E-state index in [1.165, 1.54) is 141 Å². The van der Waals surface area contributed by atoms with Crippen LogP contribution in [-0.2, 0) is 14.3 Å². The van der Waals surface area contributed by atoms with Crippen molar-refractivity contribution in [3.63, 3.8) is 0 Å². The molecule has 1 heterocycles. The Hall–Kier alpha value is -0.790. The number of amides is 1. The number of hydrogen-bond acceptors (Lipinski definition) is 6. The summed E-state index contributed by atoms with van der Waals surface area (Å²) in [6.45, 7) is 17.9. The lowest BCUT2D eigenvalue weighted by atomic mass is 10.1. The van der Waals surface area contributed by atoms with Crippen molar-refractivity contribution < 1.29 is 14.3 Å². The third-order valence-electron chi connectivity index (χ3n) is 10.3. The monoisotopic (exact) mass is 710 g/mol. The van der Waals surface area contributed by atoms with Crippen LogP contribution in [-0.4, -0.2) is 96.5 Å². The van der Waals surface area contributed by atoms with Crippen molar-refractivity contribution in [3.05, 3.63) is 0 Å². The van der Waals surface area contributed by atoms with Gasteiger partial charge in [0.2, 0.25) is 5.91 Å². The van der Waals surface area contributed by atoms with Gasteiger partial charge < -0.3 is 19.4 Å². The fourth-order valence-corrected chi connectivity index (χ4v) is 8.25. The number of nitrogens with zero attached hydrogens (tertiary/aromatic N) is 3. The van der Waals surface area contributed by atoms with Gasteiger partial charge in [-0.1, -0.05) is 136 Å². The van der Waals surface area contributed by atoms with E-state index in [0.29, 0.717) is 18.9 Å². The highest BCUT2D eigenvalue weighted by Gasteiger charge is 2.20. The molecule has 7 heteroatoms. The Balaban J connectivity index is 2.26. The summed E-state index contributed by atoms with van der Waals surface area (Å²) in [6.07, 6.45) is 30.9. The Bertz CT molecular complexity index is 727. The molecule has 1 aliphatic rings. The molecule has 0 aromatic rings. The molecule has 0 aromatic heterocycles. The normalized spacial score (nSPS) is 14.7. The highest BCUT2D eigenvalue weighted by molar-refractivity contribution is 8.00. The predicted molar refractivity (Wildman–Crippen MR) is 215 cm³/mol. The molecule has 0 aromatic carbocycles. The number of hydrogen-bond donors (Lipinski definition) is 0. The molecular weight excluding hydrogens is 627 g/mol. The van der Waals surface area contributed by atoms with Gasteiger partial charge in [0.15, 0.2) is 0 Å². The van der Waals surface area contributed by atoms with Crippen LogP contribution in [0.4, 0.5) is 0 Å². The van der Waals surface area contributed by atoms with Gasteiger partial charge in [0.1, 0.15) is 5.25 Å². The van der Waals surface area contributed by atoms with E-state index in [1.54, 1.807) is 11.8 Å². The average molecular weight is 710 g/mol. The highest BCUT2D eigenvalue weighted by atomic mass is 32.2. The third kappa shape index (κ3) is 26.6. The molecule has 290 valence electrons. The molecular formula is C42H83N3O3S. The fourth-order valence-electron chi connectivity index (χ4n) is 6.98. The van der Waals surface area contributed by atoms with Gasteiger partial charge in [-0.05, 0) is 64.3 Å². The predicted octanol–water partition coefficient (Wildman–Crippen LogP) is 10.9. The van der Waals surface area contributed by atoms with E-state index >= 15 is 0 Å². The number of ether oxygens (including phenoxy) is 1. The van der Waals surface area contributed by atoms with E-state index < -0.39 is 0 Å². The summed E-state index contributed by atoms with van der Waals surface area (Å²) in [5.74, 6) is 1.44. The van der Waals surface area contributed by atoms with Crippen LogP contribution in [0, 0.1) is 0 Å². The van der Waals surface area contributed by atoms with Crippen LogP contribution in [0.5, 0.6) is 0 Å². The second kappa shape index (κ2) is 34.3. The molecule has 1 amide bonds. The fraction of sp³-hybridized carbons (Fsp3) is 0.952. The molecule has 0 spiro atoms. The molecule has 0 N–H and O–H groups in total. The largest absolute Gasteiger partial charge is 0.465 e. The second-order valence-corrected chi connectivity index (χ2v) is 16.1. The summed E-state index contributed by atoms with van der Waals surface area (Å²) < 4.78 is 5.32. The quantitative estimate of drug-likeness (QED) is 0.0482. The first-order valence-corrected chi connectivity index (χ1v) is 22.6. The minimum atomic E-state index is -0.0132. The number of thioether (sulfide) groups is 1. The maximum absolute atomic E-state index is 13.3. The second-order valence-electron chi connectivity index (χ2n) is 14.8. The molecule has 0 radical (unpaired) electrons. The highest BCUT2D eigenvalue weighted by Crippen LogP contribution is 2.21. The van der Waals surface area contributed by atoms with Crippen molar-refractivity contribution in [1.29, 1.82) is 0 Å². The first kappa shape index (κ1) is 46.2. The summed E-state index contributed by atoms with van der Waals surface area (Å²) in [7, 11) is 0. The molecule has 1 aliphatic heterocycles. The van der Waals surface area contributed by atoms with Crippen molar-refractivity contribution >= 4 is 23.6 Å². The number of esters is 1. The molecule has 1 fully saturated rings. The van der Waals surface area contributed by atoms with Crippen LogP contribution >= 0.6 is 11.8 Å². The first-order valence-electron chi connectivity index (χ1n) is 21.6. The van der Waals surface area contributed by atoms with Gasteiger partial charge in [-0.2, -0.15) is 0 Å². The number of unbranched alkanes of at least 4 members (excludes halogenated alkanes) is 18. The summed E-state index contributed by atoms with van der Waals surface area (Å²) in [4.78, 5) is 33.1. The van der Waals surface area contributed by atoms with Crippen LogP contribution in [0.2, 0.25) is 0 Å². The summed E-state index contributed by atoms with van der Waals surface area (Å²) >= 11 is 1.79. The smallest absolute Gasteiger partial charge is 0.319 e. The van der Waals surface area contributed by atoms with Crippen molar-refractivity contribution in [2.45, 2.75) is 193 Å². The van der Waals surface area contributed by atoms with E-state index in [-0.39, 0.29) is 11.2 Å². The minimum absolute atomic E-state index is 0.0132. The lowest BCUT2D eigenvalue weighted by molar-refractivity contribution is -0.142. The minimum Gasteiger partial charge on any atom is -0.465 e. The molecule has 1 unspecified atom stereocenters. The lowest BCUT2D eigenvalue weighted by Crippen LogP contribution is -2.46. The molecule has 6 nitrogen and oxygen atoms in total. The van der Waals surface area contributed by atoms with Gasteiger partial charge in [0, 0.05) is 45.7 Å². The molecule has 1 atom stereocenters. The molecule has 49 heavy (non-hydrogen) atoms. The Labute approximate surface area is 310 Å². The molecule has 0 aliphatic carbocycles. The van der Waals surface area contributed by atoms with E-state index in [2.05, 4.69) is 35.5 Å². The zero-order valence-corrected chi connectivity index (χ0v) is 34.1. The van der Waals surface area contributed by atoms with E-state index in [9.17, 15) is 9.59 Å².